The van der Waals surface area contributed by atoms with E-state index in [4.69, 9.17) is 25.8 Å². The molecule has 2 heterocycles. The summed E-state index contributed by atoms with van der Waals surface area (Å²) in [5.41, 5.74) is 1.81. The molecule has 1 aromatic carbocycles. The molecule has 0 aliphatic carbocycles. The first-order valence-corrected chi connectivity index (χ1v) is 11.2. The van der Waals surface area contributed by atoms with Crippen molar-refractivity contribution in [2.24, 2.45) is 0 Å². The fourth-order valence-corrected chi connectivity index (χ4v) is 3.97. The molecular formula is C23H21BrClN3O6. The first-order valence-electron chi connectivity index (χ1n) is 10.1. The molecule has 0 radical (unpaired) electrons. The molecule has 1 aliphatic rings. The normalized spacial score (nSPS) is 15.6. The van der Waals surface area contributed by atoms with Gasteiger partial charge in [0.15, 0.2) is 11.5 Å². The Kier molecular flexibility index (Phi) is 8.30. The maximum Gasteiger partial charge on any atom is 0.338 e. The van der Waals surface area contributed by atoms with E-state index in [9.17, 15) is 14.4 Å². The summed E-state index contributed by atoms with van der Waals surface area (Å²) in [6.07, 6.45) is 4.30. The second-order valence-electron chi connectivity index (χ2n) is 6.99. The zero-order valence-electron chi connectivity index (χ0n) is 18.5. The highest BCUT2D eigenvalue weighted by Crippen LogP contribution is 2.40. The number of halogens is 2. The first-order chi connectivity index (χ1) is 16.2. The van der Waals surface area contributed by atoms with E-state index in [-0.39, 0.29) is 23.7 Å². The summed E-state index contributed by atoms with van der Waals surface area (Å²) in [6.45, 7) is 3.48. The first kappa shape index (κ1) is 25.3. The molecule has 11 heteroatoms. The van der Waals surface area contributed by atoms with Crippen molar-refractivity contribution in [1.29, 1.82) is 0 Å². The minimum Gasteiger partial charge on any atom is -0.493 e. The van der Waals surface area contributed by atoms with Gasteiger partial charge in [-0.25, -0.2) is 19.4 Å². The van der Waals surface area contributed by atoms with Crippen molar-refractivity contribution in [3.63, 3.8) is 0 Å². The highest BCUT2D eigenvalue weighted by Gasteiger charge is 2.33. The summed E-state index contributed by atoms with van der Waals surface area (Å²) >= 11 is 9.24. The number of rotatable bonds is 7. The molecule has 1 aromatic heterocycles. The molecular weight excluding hydrogens is 530 g/mol. The number of ether oxygens (including phenoxy) is 3. The van der Waals surface area contributed by atoms with Crippen LogP contribution in [0.1, 0.15) is 31.0 Å². The molecule has 0 spiro atoms. The summed E-state index contributed by atoms with van der Waals surface area (Å²) in [5, 5.41) is 5.59. The molecule has 34 heavy (non-hydrogen) atoms. The topological polar surface area (TPSA) is 116 Å². The van der Waals surface area contributed by atoms with Gasteiger partial charge in [-0.2, -0.15) is 0 Å². The summed E-state index contributed by atoms with van der Waals surface area (Å²) in [6, 6.07) is 5.20. The number of allylic oxidation sites excluding steroid dienone is 1. The predicted molar refractivity (Wildman–Crippen MR) is 128 cm³/mol. The van der Waals surface area contributed by atoms with Crippen LogP contribution in [-0.4, -0.2) is 36.7 Å². The minimum absolute atomic E-state index is 0.132. The highest BCUT2D eigenvalue weighted by atomic mass is 79.9. The van der Waals surface area contributed by atoms with E-state index >= 15 is 0 Å². The van der Waals surface area contributed by atoms with E-state index in [2.05, 4.69) is 31.5 Å². The number of urea groups is 1. The number of carbonyl (C=O) groups is 3. The van der Waals surface area contributed by atoms with Crippen molar-refractivity contribution in [1.82, 2.24) is 15.6 Å². The van der Waals surface area contributed by atoms with Crippen LogP contribution in [0.4, 0.5) is 4.79 Å². The Morgan fingerprint density at radius 3 is 2.74 bits per heavy atom. The number of hydrogen-bond acceptors (Lipinski definition) is 7. The van der Waals surface area contributed by atoms with Crippen molar-refractivity contribution < 1.29 is 28.6 Å². The number of benzene rings is 1. The Balaban J connectivity index is 1.90. The quantitative estimate of drug-likeness (QED) is 0.228. The summed E-state index contributed by atoms with van der Waals surface area (Å²) in [4.78, 5) is 41.0. The van der Waals surface area contributed by atoms with Crippen LogP contribution in [0, 0.1) is 0 Å². The summed E-state index contributed by atoms with van der Waals surface area (Å²) < 4.78 is 16.4. The third-order valence-corrected chi connectivity index (χ3v) is 5.51. The van der Waals surface area contributed by atoms with Gasteiger partial charge in [0.2, 0.25) is 0 Å². The van der Waals surface area contributed by atoms with Crippen LogP contribution in [0.25, 0.3) is 6.08 Å². The van der Waals surface area contributed by atoms with E-state index in [1.807, 2.05) is 0 Å². The molecule has 2 N–H and O–H groups in total. The summed E-state index contributed by atoms with van der Waals surface area (Å²) in [7, 11) is 1.41. The van der Waals surface area contributed by atoms with E-state index in [0.29, 0.717) is 26.4 Å². The molecule has 1 atom stereocenters. The lowest BCUT2D eigenvalue weighted by molar-refractivity contribution is -0.139. The largest absolute Gasteiger partial charge is 0.493 e. The SMILES string of the molecule is CCOC(=O)C1=C(C)NC(=O)NC1c1cc(Br)c(OC(=O)/C=C/c2ccnc(Cl)c2)c(OC)c1. The van der Waals surface area contributed by atoms with Crippen molar-refractivity contribution in [2.45, 2.75) is 19.9 Å². The van der Waals surface area contributed by atoms with Gasteiger partial charge in [0.25, 0.3) is 0 Å². The van der Waals surface area contributed by atoms with Gasteiger partial charge in [0.05, 0.1) is 29.8 Å². The Bertz CT molecular complexity index is 1200. The van der Waals surface area contributed by atoms with Crippen LogP contribution in [0.5, 0.6) is 11.5 Å². The Morgan fingerprint density at radius 2 is 2.06 bits per heavy atom. The van der Waals surface area contributed by atoms with Gasteiger partial charge in [0, 0.05) is 18.0 Å². The molecule has 1 aliphatic heterocycles. The molecule has 3 rings (SSSR count). The van der Waals surface area contributed by atoms with Crippen molar-refractivity contribution in [3.05, 3.63) is 68.6 Å². The lowest BCUT2D eigenvalue weighted by atomic mass is 9.95. The number of esters is 2. The number of nitrogens with zero attached hydrogens (tertiary/aromatic N) is 1. The van der Waals surface area contributed by atoms with Crippen molar-refractivity contribution in [3.8, 4) is 11.5 Å². The molecule has 2 amide bonds. The van der Waals surface area contributed by atoms with Gasteiger partial charge < -0.3 is 24.8 Å². The van der Waals surface area contributed by atoms with Gasteiger partial charge >= 0.3 is 18.0 Å². The number of methoxy groups -OCH3 is 1. The van der Waals surface area contributed by atoms with Crippen LogP contribution in [-0.2, 0) is 14.3 Å². The van der Waals surface area contributed by atoms with Gasteiger partial charge in [-0.05, 0) is 71.2 Å². The lowest BCUT2D eigenvalue weighted by Gasteiger charge is -2.28. The Hall–Kier alpha value is -3.37. The van der Waals surface area contributed by atoms with E-state index < -0.39 is 24.0 Å². The molecule has 0 fully saturated rings. The number of amides is 2. The van der Waals surface area contributed by atoms with Gasteiger partial charge in [-0.15, -0.1) is 0 Å². The predicted octanol–water partition coefficient (Wildman–Crippen LogP) is 4.32. The third-order valence-electron chi connectivity index (χ3n) is 4.71. The number of hydrogen-bond donors (Lipinski definition) is 2. The Morgan fingerprint density at radius 1 is 1.29 bits per heavy atom. The standard InChI is InChI=1S/C23H21BrClN3O6/c1-4-33-22(30)19-12(2)27-23(31)28-20(19)14-10-15(24)21(16(11-14)32-3)34-18(29)6-5-13-7-8-26-17(25)9-13/h5-11,20H,4H2,1-3H3,(H2,27,28,31)/b6-5+. The zero-order valence-corrected chi connectivity index (χ0v) is 20.8. The van der Waals surface area contributed by atoms with E-state index in [0.717, 1.165) is 0 Å². The van der Waals surface area contributed by atoms with E-state index in [1.54, 1.807) is 38.1 Å². The fourth-order valence-electron chi connectivity index (χ4n) is 3.25. The molecule has 0 saturated carbocycles. The molecule has 2 aromatic rings. The number of nitrogens with one attached hydrogen (secondary N) is 2. The second kappa shape index (κ2) is 11.2. The van der Waals surface area contributed by atoms with E-state index in [1.165, 1.54) is 25.5 Å². The number of pyridine rings is 1. The van der Waals surface area contributed by atoms with Gasteiger partial charge in [-0.3, -0.25) is 0 Å². The van der Waals surface area contributed by atoms with Crippen LogP contribution >= 0.6 is 27.5 Å². The minimum atomic E-state index is -0.806. The lowest BCUT2D eigenvalue weighted by Crippen LogP contribution is -2.45. The van der Waals surface area contributed by atoms with Crippen LogP contribution in [0.2, 0.25) is 5.15 Å². The average molecular weight is 551 g/mol. The van der Waals surface area contributed by atoms with Crippen LogP contribution in [0.3, 0.4) is 0 Å². The number of carbonyl (C=O) groups excluding carboxylic acids is 3. The van der Waals surface area contributed by atoms with Crippen molar-refractivity contribution >= 4 is 51.6 Å². The maximum atomic E-state index is 12.6. The number of aromatic nitrogens is 1. The smallest absolute Gasteiger partial charge is 0.338 e. The molecule has 9 nitrogen and oxygen atoms in total. The van der Waals surface area contributed by atoms with Gasteiger partial charge in [-0.1, -0.05) is 11.6 Å². The summed E-state index contributed by atoms with van der Waals surface area (Å²) in [5.74, 6) is -0.874. The molecule has 178 valence electrons. The zero-order chi connectivity index (χ0) is 24.8. The van der Waals surface area contributed by atoms with Gasteiger partial charge in [0.1, 0.15) is 5.15 Å². The molecule has 1 unspecified atom stereocenters. The maximum absolute atomic E-state index is 12.6. The van der Waals surface area contributed by atoms with Crippen LogP contribution in [0.15, 0.2) is 52.3 Å². The highest BCUT2D eigenvalue weighted by molar-refractivity contribution is 9.10. The molecule has 0 bridgehead atoms. The Labute approximate surface area is 209 Å². The average Bonchev–Trinajstić information content (AvgIpc) is 2.78. The monoisotopic (exact) mass is 549 g/mol. The third kappa shape index (κ3) is 5.95. The second-order valence-corrected chi connectivity index (χ2v) is 8.23. The van der Waals surface area contributed by atoms with Crippen molar-refractivity contribution in [2.75, 3.05) is 13.7 Å². The molecule has 0 saturated heterocycles. The fraction of sp³-hybridized carbons (Fsp3) is 0.217. The van der Waals surface area contributed by atoms with Crippen LogP contribution < -0.4 is 20.1 Å².